The predicted molar refractivity (Wildman–Crippen MR) is 69.1 cm³/mol. The lowest BCUT2D eigenvalue weighted by Crippen LogP contribution is -2.13. The van der Waals surface area contributed by atoms with Crippen molar-refractivity contribution in [3.8, 4) is 11.5 Å². The average molecular weight is 264 g/mol. The first-order chi connectivity index (χ1) is 8.81. The molecule has 0 spiro atoms. The summed E-state index contributed by atoms with van der Waals surface area (Å²) in [6.07, 6.45) is -0.312. The highest BCUT2D eigenvalue weighted by molar-refractivity contribution is 5.94. The maximum atomic E-state index is 11.7. The molecule has 0 unspecified atom stereocenters. The van der Waals surface area contributed by atoms with Crippen LogP contribution in [0.3, 0.4) is 0 Å². The Labute approximate surface area is 111 Å². The molecule has 0 fully saturated rings. The molecule has 0 amide bonds. The van der Waals surface area contributed by atoms with E-state index in [9.17, 15) is 14.7 Å². The zero-order valence-corrected chi connectivity index (χ0v) is 11.1. The molecule has 5 nitrogen and oxygen atoms in total. The van der Waals surface area contributed by atoms with Gasteiger partial charge in [0.2, 0.25) is 0 Å². The van der Waals surface area contributed by atoms with Gasteiger partial charge in [0.05, 0.1) is 6.10 Å². The summed E-state index contributed by atoms with van der Waals surface area (Å²) >= 11 is 0. The Morgan fingerprint density at radius 3 is 2.47 bits per heavy atom. The van der Waals surface area contributed by atoms with Gasteiger partial charge in [-0.05, 0) is 39.0 Å². The van der Waals surface area contributed by atoms with E-state index < -0.39 is 11.9 Å². The van der Waals surface area contributed by atoms with Gasteiger partial charge >= 0.3 is 11.9 Å². The fourth-order valence-corrected chi connectivity index (χ4v) is 1.21. The zero-order chi connectivity index (χ0) is 14.6. The van der Waals surface area contributed by atoms with Crippen LogP contribution in [-0.4, -0.2) is 23.1 Å². The molecule has 1 rings (SSSR count). The largest absolute Gasteiger partial charge is 0.507 e. The summed E-state index contributed by atoms with van der Waals surface area (Å²) in [4.78, 5) is 23.1. The molecule has 0 aliphatic rings. The average Bonchev–Trinajstić information content (AvgIpc) is 2.30. The van der Waals surface area contributed by atoms with Crippen LogP contribution in [0.2, 0.25) is 0 Å². The molecule has 0 saturated heterocycles. The highest BCUT2D eigenvalue weighted by atomic mass is 16.5. The summed E-state index contributed by atoms with van der Waals surface area (Å²) < 4.78 is 9.94. The maximum absolute atomic E-state index is 11.7. The van der Waals surface area contributed by atoms with Crippen molar-refractivity contribution in [1.82, 2.24) is 0 Å². The topological polar surface area (TPSA) is 72.8 Å². The third-order valence-corrected chi connectivity index (χ3v) is 2.09. The minimum absolute atomic E-state index is 0.0549. The molecule has 102 valence electrons. The molecule has 19 heavy (non-hydrogen) atoms. The summed E-state index contributed by atoms with van der Waals surface area (Å²) in [5.74, 6) is -1.38. The fourth-order valence-electron chi connectivity index (χ4n) is 1.21. The number of carbonyl (C=O) groups excluding carboxylic acids is 2. The van der Waals surface area contributed by atoms with Crippen molar-refractivity contribution in [1.29, 1.82) is 0 Å². The number of hydrogen-bond acceptors (Lipinski definition) is 5. The molecule has 0 aliphatic heterocycles. The second-order valence-electron chi connectivity index (χ2n) is 4.30. The van der Waals surface area contributed by atoms with Gasteiger partial charge in [-0.2, -0.15) is 0 Å². The Hall–Kier alpha value is -2.30. The Morgan fingerprint density at radius 2 is 1.95 bits per heavy atom. The van der Waals surface area contributed by atoms with Crippen LogP contribution in [0.5, 0.6) is 11.5 Å². The van der Waals surface area contributed by atoms with Gasteiger partial charge in [-0.15, -0.1) is 0 Å². The molecule has 0 bridgehead atoms. The van der Waals surface area contributed by atoms with E-state index in [-0.39, 0.29) is 28.7 Å². The van der Waals surface area contributed by atoms with Crippen molar-refractivity contribution in [2.45, 2.75) is 26.9 Å². The molecule has 1 aromatic rings. The summed E-state index contributed by atoms with van der Waals surface area (Å²) in [5.41, 5.74) is 0.181. The predicted octanol–water partition coefficient (Wildman–Crippen LogP) is 2.44. The first-order valence-electron chi connectivity index (χ1n) is 5.73. The van der Waals surface area contributed by atoms with Crippen molar-refractivity contribution in [3.63, 3.8) is 0 Å². The van der Waals surface area contributed by atoms with Gasteiger partial charge in [-0.3, -0.25) is 0 Å². The smallest absolute Gasteiger partial charge is 0.342 e. The van der Waals surface area contributed by atoms with E-state index >= 15 is 0 Å². The Kier molecular flexibility index (Phi) is 4.69. The molecule has 0 radical (unpaired) electrons. The number of phenolic OH excluding ortho intramolecular Hbond substituents is 1. The van der Waals surface area contributed by atoms with Crippen LogP contribution >= 0.6 is 0 Å². The quantitative estimate of drug-likeness (QED) is 0.513. The van der Waals surface area contributed by atoms with Crippen molar-refractivity contribution < 1.29 is 24.2 Å². The minimum Gasteiger partial charge on any atom is -0.507 e. The lowest BCUT2D eigenvalue weighted by molar-refractivity contribution is -0.130. The molecular weight excluding hydrogens is 248 g/mol. The number of benzene rings is 1. The van der Waals surface area contributed by atoms with E-state index in [0.717, 1.165) is 0 Å². The third kappa shape index (κ3) is 4.13. The van der Waals surface area contributed by atoms with E-state index in [1.165, 1.54) is 25.1 Å². The summed E-state index contributed by atoms with van der Waals surface area (Å²) in [6.45, 7) is 8.35. The minimum atomic E-state index is -0.680. The molecule has 1 aromatic carbocycles. The van der Waals surface area contributed by atoms with E-state index in [1.54, 1.807) is 13.8 Å². The van der Waals surface area contributed by atoms with E-state index in [0.29, 0.717) is 0 Å². The number of aromatic hydroxyl groups is 1. The number of phenols is 1. The van der Waals surface area contributed by atoms with E-state index in [4.69, 9.17) is 9.47 Å². The van der Waals surface area contributed by atoms with Crippen LogP contribution in [0, 0.1) is 0 Å². The molecule has 0 atom stereocenters. The van der Waals surface area contributed by atoms with Crippen LogP contribution in [0.15, 0.2) is 30.4 Å². The van der Waals surface area contributed by atoms with Crippen LogP contribution in [0.25, 0.3) is 0 Å². The highest BCUT2D eigenvalue weighted by Crippen LogP contribution is 2.24. The van der Waals surface area contributed by atoms with Gasteiger partial charge in [-0.1, -0.05) is 6.58 Å². The Bertz CT molecular complexity index is 517. The van der Waals surface area contributed by atoms with Gasteiger partial charge in [0, 0.05) is 5.57 Å². The second-order valence-corrected chi connectivity index (χ2v) is 4.30. The van der Waals surface area contributed by atoms with Crippen molar-refractivity contribution in [2.24, 2.45) is 0 Å². The van der Waals surface area contributed by atoms with Crippen LogP contribution in [0.4, 0.5) is 0 Å². The number of rotatable bonds is 4. The van der Waals surface area contributed by atoms with Gasteiger partial charge < -0.3 is 14.6 Å². The van der Waals surface area contributed by atoms with Crippen LogP contribution < -0.4 is 4.74 Å². The van der Waals surface area contributed by atoms with Gasteiger partial charge in [0.15, 0.2) is 0 Å². The summed E-state index contributed by atoms with van der Waals surface area (Å²) in [6, 6.07) is 3.89. The van der Waals surface area contributed by atoms with E-state index in [2.05, 4.69) is 6.58 Å². The molecule has 0 saturated carbocycles. The number of hydrogen-bond donors (Lipinski definition) is 1. The Balaban J connectivity index is 2.97. The zero-order valence-electron chi connectivity index (χ0n) is 11.1. The fraction of sp³-hybridized carbons (Fsp3) is 0.286. The lowest BCUT2D eigenvalue weighted by atomic mass is 10.2. The second kappa shape index (κ2) is 6.04. The van der Waals surface area contributed by atoms with E-state index in [1.807, 2.05) is 0 Å². The molecular formula is C14H16O5. The molecule has 0 heterocycles. The van der Waals surface area contributed by atoms with Crippen LogP contribution in [0.1, 0.15) is 31.1 Å². The van der Waals surface area contributed by atoms with Gasteiger partial charge in [-0.25, -0.2) is 9.59 Å². The van der Waals surface area contributed by atoms with Crippen molar-refractivity contribution in [2.75, 3.05) is 0 Å². The van der Waals surface area contributed by atoms with Crippen LogP contribution in [-0.2, 0) is 9.53 Å². The number of ether oxygens (including phenoxy) is 2. The standard InChI is InChI=1S/C14H16O5/c1-8(2)13(16)19-10-5-6-12(15)11(7-10)14(17)18-9(3)4/h5-7,9,15H,1H2,2-4H3. The first-order valence-corrected chi connectivity index (χ1v) is 5.73. The summed E-state index contributed by atoms with van der Waals surface area (Å²) in [5, 5.41) is 9.60. The molecule has 1 N–H and O–H groups in total. The van der Waals surface area contributed by atoms with Gasteiger partial charge in [0.1, 0.15) is 17.1 Å². The van der Waals surface area contributed by atoms with Crippen molar-refractivity contribution >= 4 is 11.9 Å². The maximum Gasteiger partial charge on any atom is 0.342 e. The normalized spacial score (nSPS) is 10.1. The number of esters is 2. The highest BCUT2D eigenvalue weighted by Gasteiger charge is 2.16. The molecule has 0 aliphatic carbocycles. The monoisotopic (exact) mass is 264 g/mol. The molecule has 0 aromatic heterocycles. The lowest BCUT2D eigenvalue weighted by Gasteiger charge is -2.10. The molecule has 5 heteroatoms. The first kappa shape index (κ1) is 14.8. The SMILES string of the molecule is C=C(C)C(=O)Oc1ccc(O)c(C(=O)OC(C)C)c1. The third-order valence-electron chi connectivity index (χ3n) is 2.09. The van der Waals surface area contributed by atoms with Gasteiger partial charge in [0.25, 0.3) is 0 Å². The summed E-state index contributed by atoms with van der Waals surface area (Å²) in [7, 11) is 0. The number of carbonyl (C=O) groups is 2. The van der Waals surface area contributed by atoms with Crippen molar-refractivity contribution in [3.05, 3.63) is 35.9 Å². The Morgan fingerprint density at radius 1 is 1.32 bits per heavy atom.